The summed E-state index contributed by atoms with van der Waals surface area (Å²) in [7, 11) is 0. The first-order valence-corrected chi connectivity index (χ1v) is 13.7. The molecule has 0 atom stereocenters. The average Bonchev–Trinajstić information content (AvgIpc) is 2.84. The molecule has 0 saturated heterocycles. The van der Waals surface area contributed by atoms with Gasteiger partial charge in [0.1, 0.15) is 12.1 Å². The van der Waals surface area contributed by atoms with Gasteiger partial charge in [-0.15, -0.1) is 0 Å². The SMILES string of the molecule is CCCCC[C@H]1CC[C@H](c2ccc([C@H]3CC[C@H](CCCCC)CC3)c(C#N)c2C#N)CC1. The molecule has 0 heterocycles. The summed E-state index contributed by atoms with van der Waals surface area (Å²) < 4.78 is 0. The fourth-order valence-electron chi connectivity index (χ4n) is 6.45. The minimum atomic E-state index is 0.461. The van der Waals surface area contributed by atoms with Crippen molar-refractivity contribution in [2.24, 2.45) is 11.8 Å². The van der Waals surface area contributed by atoms with E-state index in [1.54, 1.807) is 0 Å². The number of hydrogen-bond acceptors (Lipinski definition) is 2. The van der Waals surface area contributed by atoms with Crippen LogP contribution < -0.4 is 0 Å². The van der Waals surface area contributed by atoms with Crippen molar-refractivity contribution in [2.45, 2.75) is 128 Å². The first kappa shape index (κ1) is 24.8. The summed E-state index contributed by atoms with van der Waals surface area (Å²) in [4.78, 5) is 0. The number of benzene rings is 1. The first-order valence-electron chi connectivity index (χ1n) is 13.7. The Balaban J connectivity index is 1.65. The normalized spacial score (nSPS) is 25.8. The lowest BCUT2D eigenvalue weighted by Gasteiger charge is -2.31. The van der Waals surface area contributed by atoms with Crippen LogP contribution in [0.5, 0.6) is 0 Å². The Morgan fingerprint density at radius 2 is 1.00 bits per heavy atom. The molecule has 2 aliphatic carbocycles. The van der Waals surface area contributed by atoms with Gasteiger partial charge in [0.05, 0.1) is 11.1 Å². The molecule has 0 unspecified atom stereocenters. The van der Waals surface area contributed by atoms with Crippen LogP contribution in [-0.4, -0.2) is 0 Å². The maximum Gasteiger partial charge on any atom is 0.101 e. The summed E-state index contributed by atoms with van der Waals surface area (Å²) in [5.74, 6) is 2.65. The highest BCUT2D eigenvalue weighted by Gasteiger charge is 2.29. The Hall–Kier alpha value is -1.80. The Labute approximate surface area is 197 Å². The second-order valence-corrected chi connectivity index (χ2v) is 10.6. The molecule has 2 fully saturated rings. The standard InChI is InChI=1S/C30H44N2/c1-3-5-7-9-23-11-15-25(16-12-23)27-19-20-28(30(22-32)29(27)21-31)26-17-13-24(14-18-26)10-8-6-4-2/h19-20,23-26H,3-18H2,1-2H3/t23-,24-,25-,26-. The second kappa shape index (κ2) is 13.0. The van der Waals surface area contributed by atoms with E-state index in [1.165, 1.54) is 103 Å². The quantitative estimate of drug-likeness (QED) is 0.346. The van der Waals surface area contributed by atoms with Crippen LogP contribution in [0.4, 0.5) is 0 Å². The predicted molar refractivity (Wildman–Crippen MR) is 134 cm³/mol. The molecule has 0 N–H and O–H groups in total. The molecule has 0 amide bonds. The van der Waals surface area contributed by atoms with E-state index in [1.807, 2.05) is 0 Å². The van der Waals surface area contributed by atoms with Crippen LogP contribution in [0.25, 0.3) is 0 Å². The van der Waals surface area contributed by atoms with Crippen molar-refractivity contribution < 1.29 is 0 Å². The van der Waals surface area contributed by atoms with E-state index in [2.05, 4.69) is 38.1 Å². The van der Waals surface area contributed by atoms with Gasteiger partial charge < -0.3 is 0 Å². The predicted octanol–water partition coefficient (Wildman–Crippen LogP) is 9.14. The molecule has 0 radical (unpaired) electrons. The Bertz CT molecular complexity index is 713. The summed E-state index contributed by atoms with van der Waals surface area (Å²) in [5.41, 5.74) is 3.72. The van der Waals surface area contributed by atoms with Crippen molar-refractivity contribution in [3.63, 3.8) is 0 Å². The van der Waals surface area contributed by atoms with Crippen LogP contribution in [-0.2, 0) is 0 Å². The van der Waals surface area contributed by atoms with Gasteiger partial charge in [-0.3, -0.25) is 0 Å². The van der Waals surface area contributed by atoms with Gasteiger partial charge in [0, 0.05) is 0 Å². The Morgan fingerprint density at radius 3 is 1.31 bits per heavy atom. The van der Waals surface area contributed by atoms with E-state index in [0.717, 1.165) is 23.0 Å². The molecule has 2 aliphatic rings. The Morgan fingerprint density at radius 1 is 0.625 bits per heavy atom. The lowest BCUT2D eigenvalue weighted by Crippen LogP contribution is -2.17. The van der Waals surface area contributed by atoms with E-state index in [4.69, 9.17) is 0 Å². The van der Waals surface area contributed by atoms with Gasteiger partial charge in [-0.2, -0.15) is 10.5 Å². The maximum absolute atomic E-state index is 10.0. The maximum atomic E-state index is 10.0. The van der Waals surface area contributed by atoms with Crippen molar-refractivity contribution in [3.8, 4) is 12.1 Å². The van der Waals surface area contributed by atoms with Crippen LogP contribution in [0.1, 0.15) is 151 Å². The summed E-state index contributed by atoms with van der Waals surface area (Å²) in [5, 5.41) is 20.1. The molecular formula is C30H44N2. The van der Waals surface area contributed by atoms with Gasteiger partial charge in [0.2, 0.25) is 0 Å². The minimum Gasteiger partial charge on any atom is -0.192 e. The van der Waals surface area contributed by atoms with Crippen LogP contribution >= 0.6 is 0 Å². The highest BCUT2D eigenvalue weighted by molar-refractivity contribution is 5.56. The van der Waals surface area contributed by atoms with Crippen molar-refractivity contribution in [3.05, 3.63) is 34.4 Å². The summed E-state index contributed by atoms with van der Waals surface area (Å²) in [6.07, 6.45) is 20.6. The van der Waals surface area contributed by atoms with Crippen molar-refractivity contribution in [1.82, 2.24) is 0 Å². The number of unbranched alkanes of at least 4 members (excludes halogenated alkanes) is 4. The summed E-state index contributed by atoms with van der Waals surface area (Å²) in [6.45, 7) is 4.55. The van der Waals surface area contributed by atoms with Gasteiger partial charge in [-0.05, 0) is 86.2 Å². The van der Waals surface area contributed by atoms with E-state index < -0.39 is 0 Å². The third-order valence-electron chi connectivity index (χ3n) is 8.50. The van der Waals surface area contributed by atoms with Gasteiger partial charge in [-0.1, -0.05) is 77.3 Å². The van der Waals surface area contributed by atoms with Gasteiger partial charge in [-0.25, -0.2) is 0 Å². The molecule has 2 saturated carbocycles. The lowest BCUT2D eigenvalue weighted by atomic mass is 9.72. The molecule has 0 aliphatic heterocycles. The average molecular weight is 433 g/mol. The molecule has 0 spiro atoms. The molecule has 1 aromatic rings. The molecule has 3 rings (SSSR count). The zero-order valence-corrected chi connectivity index (χ0v) is 20.7. The van der Waals surface area contributed by atoms with Gasteiger partial charge in [0.15, 0.2) is 0 Å². The molecule has 2 heteroatoms. The molecule has 174 valence electrons. The van der Waals surface area contributed by atoms with Crippen LogP contribution in [0.3, 0.4) is 0 Å². The third-order valence-corrected chi connectivity index (χ3v) is 8.50. The second-order valence-electron chi connectivity index (χ2n) is 10.6. The van der Waals surface area contributed by atoms with E-state index in [0.29, 0.717) is 23.0 Å². The number of rotatable bonds is 10. The van der Waals surface area contributed by atoms with Crippen LogP contribution in [0.15, 0.2) is 12.1 Å². The number of nitrogens with zero attached hydrogens (tertiary/aromatic N) is 2. The van der Waals surface area contributed by atoms with Crippen LogP contribution in [0, 0.1) is 34.5 Å². The van der Waals surface area contributed by atoms with Crippen molar-refractivity contribution in [1.29, 1.82) is 10.5 Å². The van der Waals surface area contributed by atoms with Gasteiger partial charge in [0.25, 0.3) is 0 Å². The first-order chi connectivity index (χ1) is 15.7. The fourth-order valence-corrected chi connectivity index (χ4v) is 6.45. The molecule has 1 aromatic carbocycles. The minimum absolute atomic E-state index is 0.461. The topological polar surface area (TPSA) is 47.6 Å². The number of hydrogen-bond donors (Lipinski definition) is 0. The zero-order valence-electron chi connectivity index (χ0n) is 20.7. The Kier molecular flexibility index (Phi) is 10.1. The van der Waals surface area contributed by atoms with E-state index in [9.17, 15) is 10.5 Å². The smallest absolute Gasteiger partial charge is 0.101 e. The van der Waals surface area contributed by atoms with Crippen molar-refractivity contribution >= 4 is 0 Å². The lowest BCUT2D eigenvalue weighted by molar-refractivity contribution is 0.300. The van der Waals surface area contributed by atoms with E-state index in [-0.39, 0.29) is 0 Å². The molecular weight excluding hydrogens is 388 g/mol. The molecule has 0 aromatic heterocycles. The van der Waals surface area contributed by atoms with E-state index >= 15 is 0 Å². The molecule has 0 bridgehead atoms. The fraction of sp³-hybridized carbons (Fsp3) is 0.733. The largest absolute Gasteiger partial charge is 0.192 e. The zero-order chi connectivity index (χ0) is 22.8. The third kappa shape index (κ3) is 6.38. The summed E-state index contributed by atoms with van der Waals surface area (Å²) >= 11 is 0. The number of nitriles is 2. The summed E-state index contributed by atoms with van der Waals surface area (Å²) in [6, 6.07) is 9.38. The highest BCUT2D eigenvalue weighted by Crippen LogP contribution is 2.43. The monoisotopic (exact) mass is 432 g/mol. The molecule has 32 heavy (non-hydrogen) atoms. The van der Waals surface area contributed by atoms with Crippen molar-refractivity contribution in [2.75, 3.05) is 0 Å². The molecule has 2 nitrogen and oxygen atoms in total. The van der Waals surface area contributed by atoms with Gasteiger partial charge >= 0.3 is 0 Å². The van der Waals surface area contributed by atoms with Crippen LogP contribution in [0.2, 0.25) is 0 Å². The highest BCUT2D eigenvalue weighted by atomic mass is 14.4.